The predicted octanol–water partition coefficient (Wildman–Crippen LogP) is 3.30. The molecule has 0 fully saturated rings. The number of carbonyl (C=O) groups excluding carboxylic acids is 3. The summed E-state index contributed by atoms with van der Waals surface area (Å²) in [5, 5.41) is 6.22. The molecular formula is C19H22N2O5S. The lowest BCUT2D eigenvalue weighted by molar-refractivity contribution is -0.114. The minimum atomic E-state index is -0.485. The summed E-state index contributed by atoms with van der Waals surface area (Å²) in [6, 6.07) is 5.06. The number of esters is 2. The Kier molecular flexibility index (Phi) is 6.57. The summed E-state index contributed by atoms with van der Waals surface area (Å²) in [5.41, 5.74) is 3.09. The van der Waals surface area contributed by atoms with Gasteiger partial charge in [0.25, 0.3) is 0 Å². The summed E-state index contributed by atoms with van der Waals surface area (Å²) in [4.78, 5) is 36.9. The molecule has 1 amide bonds. The van der Waals surface area contributed by atoms with Crippen molar-refractivity contribution in [2.45, 2.75) is 20.8 Å². The maximum atomic E-state index is 12.3. The van der Waals surface area contributed by atoms with Crippen LogP contribution >= 0.6 is 11.3 Å². The lowest BCUT2D eigenvalue weighted by Crippen LogP contribution is -2.23. The minimum Gasteiger partial charge on any atom is -0.465 e. The number of hydrogen-bond acceptors (Lipinski definition) is 7. The number of anilines is 2. The van der Waals surface area contributed by atoms with E-state index in [1.165, 1.54) is 25.6 Å². The van der Waals surface area contributed by atoms with Crippen LogP contribution in [0.1, 0.15) is 36.7 Å². The molecule has 2 N–H and O–H groups in total. The third kappa shape index (κ3) is 4.65. The summed E-state index contributed by atoms with van der Waals surface area (Å²) in [6.07, 6.45) is 0. The van der Waals surface area contributed by atoms with Crippen molar-refractivity contribution >= 4 is 39.9 Å². The molecule has 0 saturated carbocycles. The number of hydrogen-bond donors (Lipinski definition) is 2. The highest BCUT2D eigenvalue weighted by Gasteiger charge is 2.21. The van der Waals surface area contributed by atoms with E-state index in [2.05, 4.69) is 10.6 Å². The summed E-state index contributed by atoms with van der Waals surface area (Å²) in [6.45, 7) is 5.53. The Labute approximate surface area is 161 Å². The fraction of sp³-hybridized carbons (Fsp3) is 0.316. The van der Waals surface area contributed by atoms with Crippen LogP contribution in [0.2, 0.25) is 0 Å². The van der Waals surface area contributed by atoms with Crippen LogP contribution in [0.5, 0.6) is 0 Å². The maximum Gasteiger partial charge on any atom is 0.341 e. The molecule has 0 radical (unpaired) electrons. The van der Waals surface area contributed by atoms with E-state index in [9.17, 15) is 14.4 Å². The molecule has 2 aromatic rings. The van der Waals surface area contributed by atoms with E-state index in [4.69, 9.17) is 9.47 Å². The molecule has 144 valence electrons. The zero-order valence-electron chi connectivity index (χ0n) is 15.9. The molecule has 0 aliphatic heterocycles. The summed E-state index contributed by atoms with van der Waals surface area (Å²) in [7, 11) is 2.62. The van der Waals surface area contributed by atoms with Crippen molar-refractivity contribution in [1.82, 2.24) is 0 Å². The number of nitrogens with one attached hydrogen (secondary N) is 2. The highest BCUT2D eigenvalue weighted by molar-refractivity contribution is 7.16. The number of rotatable bonds is 6. The number of thiophene rings is 1. The van der Waals surface area contributed by atoms with E-state index in [-0.39, 0.29) is 12.5 Å². The number of carbonyl (C=O) groups is 3. The Balaban J connectivity index is 2.11. The monoisotopic (exact) mass is 390 g/mol. The van der Waals surface area contributed by atoms with Crippen molar-refractivity contribution in [3.05, 3.63) is 45.3 Å². The van der Waals surface area contributed by atoms with Gasteiger partial charge in [0, 0.05) is 10.6 Å². The van der Waals surface area contributed by atoms with Gasteiger partial charge in [-0.2, -0.15) is 0 Å². The molecule has 8 heteroatoms. The van der Waals surface area contributed by atoms with Crippen LogP contribution < -0.4 is 10.6 Å². The van der Waals surface area contributed by atoms with Gasteiger partial charge in [-0.25, -0.2) is 9.59 Å². The quantitative estimate of drug-likeness (QED) is 0.735. The average molecular weight is 390 g/mol. The summed E-state index contributed by atoms with van der Waals surface area (Å²) in [5.74, 6) is -1.25. The molecule has 0 atom stereocenters. The Morgan fingerprint density at radius 1 is 1.04 bits per heavy atom. The van der Waals surface area contributed by atoms with Gasteiger partial charge < -0.3 is 20.1 Å². The van der Waals surface area contributed by atoms with Crippen molar-refractivity contribution in [1.29, 1.82) is 0 Å². The number of amides is 1. The zero-order chi connectivity index (χ0) is 20.1. The first-order valence-electron chi connectivity index (χ1n) is 8.19. The summed E-state index contributed by atoms with van der Waals surface area (Å²) < 4.78 is 9.51. The zero-order valence-corrected chi connectivity index (χ0v) is 16.7. The van der Waals surface area contributed by atoms with Crippen LogP contribution in [0.25, 0.3) is 0 Å². The van der Waals surface area contributed by atoms with Gasteiger partial charge >= 0.3 is 11.9 Å². The van der Waals surface area contributed by atoms with E-state index in [1.807, 2.05) is 20.8 Å². The number of methoxy groups -OCH3 is 2. The third-order valence-corrected chi connectivity index (χ3v) is 5.25. The second kappa shape index (κ2) is 8.68. The van der Waals surface area contributed by atoms with Gasteiger partial charge in [-0.05, 0) is 44.0 Å². The molecule has 0 spiro atoms. The Morgan fingerprint density at radius 3 is 2.33 bits per heavy atom. The molecule has 7 nitrogen and oxygen atoms in total. The van der Waals surface area contributed by atoms with Crippen molar-refractivity contribution in [2.75, 3.05) is 31.4 Å². The molecule has 2 rings (SSSR count). The average Bonchev–Trinajstić information content (AvgIpc) is 2.93. The standard InChI is InChI=1S/C19H22N2O5S/c1-10-6-7-13(18(23)25-4)8-14(10)20-9-15(22)21-17-16(19(24)26-5)11(2)12(3)27-17/h6-8,20H,9H2,1-5H3,(H,21,22). The second-order valence-electron chi connectivity index (χ2n) is 5.90. The summed E-state index contributed by atoms with van der Waals surface area (Å²) >= 11 is 1.33. The topological polar surface area (TPSA) is 93.7 Å². The fourth-order valence-electron chi connectivity index (χ4n) is 2.47. The van der Waals surface area contributed by atoms with Crippen LogP contribution in [0.4, 0.5) is 10.7 Å². The maximum absolute atomic E-state index is 12.3. The van der Waals surface area contributed by atoms with Gasteiger partial charge in [-0.3, -0.25) is 4.79 Å². The first-order chi connectivity index (χ1) is 12.8. The molecule has 0 unspecified atom stereocenters. The first kappa shape index (κ1) is 20.4. The smallest absolute Gasteiger partial charge is 0.341 e. The lowest BCUT2D eigenvalue weighted by Gasteiger charge is -2.11. The highest BCUT2D eigenvalue weighted by Crippen LogP contribution is 2.32. The molecular weight excluding hydrogens is 368 g/mol. The molecule has 1 aromatic heterocycles. The van der Waals surface area contributed by atoms with Crippen LogP contribution in [0.15, 0.2) is 18.2 Å². The van der Waals surface area contributed by atoms with Gasteiger partial charge in [0.1, 0.15) is 5.00 Å². The van der Waals surface area contributed by atoms with Gasteiger partial charge in [0.15, 0.2) is 0 Å². The van der Waals surface area contributed by atoms with Crippen molar-refractivity contribution < 1.29 is 23.9 Å². The Morgan fingerprint density at radius 2 is 1.70 bits per heavy atom. The SMILES string of the molecule is COC(=O)c1ccc(C)c(NCC(=O)Nc2sc(C)c(C)c2C(=O)OC)c1. The third-order valence-electron chi connectivity index (χ3n) is 4.13. The minimum absolute atomic E-state index is 0.0257. The van der Waals surface area contributed by atoms with Crippen LogP contribution in [0.3, 0.4) is 0 Å². The van der Waals surface area contributed by atoms with E-state index in [1.54, 1.807) is 18.2 Å². The van der Waals surface area contributed by atoms with Crippen LogP contribution in [-0.4, -0.2) is 38.6 Å². The molecule has 1 heterocycles. The van der Waals surface area contributed by atoms with Crippen molar-refractivity contribution in [3.63, 3.8) is 0 Å². The molecule has 27 heavy (non-hydrogen) atoms. The van der Waals surface area contributed by atoms with Gasteiger partial charge in [0.2, 0.25) is 5.91 Å². The molecule has 0 bridgehead atoms. The van der Waals surface area contributed by atoms with E-state index >= 15 is 0 Å². The first-order valence-corrected chi connectivity index (χ1v) is 9.01. The number of ether oxygens (including phenoxy) is 2. The normalized spacial score (nSPS) is 10.3. The van der Waals surface area contributed by atoms with Crippen LogP contribution in [-0.2, 0) is 14.3 Å². The Hall–Kier alpha value is -2.87. The molecule has 0 saturated heterocycles. The van der Waals surface area contributed by atoms with Gasteiger partial charge in [-0.1, -0.05) is 6.07 Å². The highest BCUT2D eigenvalue weighted by atomic mass is 32.1. The number of benzene rings is 1. The van der Waals surface area contributed by atoms with Crippen molar-refractivity contribution in [3.8, 4) is 0 Å². The fourth-order valence-corrected chi connectivity index (χ4v) is 3.53. The molecule has 1 aromatic carbocycles. The molecule has 0 aliphatic rings. The second-order valence-corrected chi connectivity index (χ2v) is 7.13. The predicted molar refractivity (Wildman–Crippen MR) is 105 cm³/mol. The van der Waals surface area contributed by atoms with Gasteiger partial charge in [-0.15, -0.1) is 11.3 Å². The Bertz CT molecular complexity index is 888. The van der Waals surface area contributed by atoms with E-state index < -0.39 is 11.9 Å². The number of aryl methyl sites for hydroxylation is 2. The lowest BCUT2D eigenvalue weighted by atomic mass is 10.1. The van der Waals surface area contributed by atoms with Crippen molar-refractivity contribution in [2.24, 2.45) is 0 Å². The molecule has 0 aliphatic carbocycles. The van der Waals surface area contributed by atoms with Crippen LogP contribution in [0, 0.1) is 20.8 Å². The largest absolute Gasteiger partial charge is 0.465 e. The van der Waals surface area contributed by atoms with E-state index in [0.717, 1.165) is 16.0 Å². The van der Waals surface area contributed by atoms with E-state index in [0.29, 0.717) is 21.8 Å². The van der Waals surface area contributed by atoms with Gasteiger partial charge in [0.05, 0.1) is 31.9 Å².